The smallest absolute Gasteiger partial charge is 0.244 e. The van der Waals surface area contributed by atoms with Gasteiger partial charge in [0.25, 0.3) is 0 Å². The number of unbranched alkanes of at least 4 members (excludes halogenated alkanes) is 1. The summed E-state index contributed by atoms with van der Waals surface area (Å²) >= 11 is 1.71. The van der Waals surface area contributed by atoms with Crippen LogP contribution in [-0.2, 0) is 14.4 Å². The lowest BCUT2D eigenvalue weighted by Gasteiger charge is -2.38. The van der Waals surface area contributed by atoms with Crippen LogP contribution in [0.3, 0.4) is 0 Å². The molecule has 0 saturated carbocycles. The van der Waals surface area contributed by atoms with Crippen molar-refractivity contribution in [3.8, 4) is 0 Å². The van der Waals surface area contributed by atoms with Gasteiger partial charge in [-0.3, -0.25) is 14.4 Å². The number of fused-ring (bicyclic) bond motifs is 1. The van der Waals surface area contributed by atoms with E-state index in [4.69, 9.17) is 0 Å². The van der Waals surface area contributed by atoms with Gasteiger partial charge in [-0.05, 0) is 64.7 Å². The molecule has 3 heterocycles. The molecular formula is C26H45N3O4S. The van der Waals surface area contributed by atoms with Crippen LogP contribution in [-0.4, -0.2) is 68.5 Å². The van der Waals surface area contributed by atoms with Crippen LogP contribution in [0.2, 0.25) is 0 Å². The minimum absolute atomic E-state index is 0.0421. The van der Waals surface area contributed by atoms with Crippen LogP contribution in [0.4, 0.5) is 0 Å². The number of thioether (sulfide) groups is 1. The average Bonchev–Trinajstić information content (AvgIpc) is 3.25. The van der Waals surface area contributed by atoms with Crippen molar-refractivity contribution in [2.24, 2.45) is 17.3 Å². The van der Waals surface area contributed by atoms with E-state index < -0.39 is 28.2 Å². The first-order chi connectivity index (χ1) is 15.7. The number of amides is 3. The molecule has 194 valence electrons. The van der Waals surface area contributed by atoms with Gasteiger partial charge in [-0.1, -0.05) is 27.7 Å². The quantitative estimate of drug-likeness (QED) is 0.405. The number of aliphatic hydroxyl groups excluding tert-OH is 1. The summed E-state index contributed by atoms with van der Waals surface area (Å²) in [6, 6.07) is -0.598. The summed E-state index contributed by atoms with van der Waals surface area (Å²) in [6.45, 7) is 15.7. The molecule has 2 unspecified atom stereocenters. The van der Waals surface area contributed by atoms with Gasteiger partial charge < -0.3 is 20.6 Å². The second kappa shape index (κ2) is 9.64. The largest absolute Gasteiger partial charge is 0.396 e. The first-order valence-corrected chi connectivity index (χ1v) is 13.7. The summed E-state index contributed by atoms with van der Waals surface area (Å²) in [5, 5.41) is 15.6. The lowest BCUT2D eigenvalue weighted by atomic mass is 9.66. The molecule has 0 radical (unpaired) electrons. The van der Waals surface area contributed by atoms with Gasteiger partial charge >= 0.3 is 0 Å². The summed E-state index contributed by atoms with van der Waals surface area (Å²) < 4.78 is -0.921. The highest BCUT2D eigenvalue weighted by Crippen LogP contribution is 2.71. The third-order valence-corrected chi connectivity index (χ3v) is 9.58. The number of likely N-dealkylation sites (tertiary alicyclic amines) is 1. The van der Waals surface area contributed by atoms with E-state index in [1.165, 1.54) is 0 Å². The van der Waals surface area contributed by atoms with E-state index in [0.29, 0.717) is 25.9 Å². The Kier molecular flexibility index (Phi) is 7.74. The number of carbonyl (C=O) groups excluding carboxylic acids is 3. The molecule has 8 heteroatoms. The molecule has 5 atom stereocenters. The van der Waals surface area contributed by atoms with Crippen molar-refractivity contribution in [1.82, 2.24) is 15.5 Å². The molecule has 2 bridgehead atoms. The standard InChI is InChI=1S/C26H45N3O4S/c1-8-13-27-20(31)17-18-22(33)29(14-9-10-15-30)19(26(18)12-11-25(17,7)34-26)21(32)28-24(5,6)16-23(2,3)4/h17-19,30H,8-16H2,1-7H3,(H,27,31)(H,28,32)/t17-,18+,19?,25+,26?/m1/s1. The highest BCUT2D eigenvalue weighted by atomic mass is 32.2. The van der Waals surface area contributed by atoms with Gasteiger partial charge in [-0.15, -0.1) is 11.8 Å². The molecule has 7 nitrogen and oxygen atoms in total. The molecule has 0 aromatic rings. The molecule has 3 saturated heterocycles. The minimum atomic E-state index is -0.598. The third kappa shape index (κ3) is 4.99. The fourth-order valence-corrected chi connectivity index (χ4v) is 9.25. The van der Waals surface area contributed by atoms with Crippen molar-refractivity contribution < 1.29 is 19.5 Å². The lowest BCUT2D eigenvalue weighted by molar-refractivity contribution is -0.141. The van der Waals surface area contributed by atoms with E-state index in [1.54, 1.807) is 16.7 Å². The number of nitrogens with one attached hydrogen (secondary N) is 2. The van der Waals surface area contributed by atoms with Crippen molar-refractivity contribution in [3.63, 3.8) is 0 Å². The van der Waals surface area contributed by atoms with Crippen LogP contribution < -0.4 is 10.6 Å². The molecule has 3 rings (SSSR count). The molecule has 0 aromatic carbocycles. The summed E-state index contributed by atoms with van der Waals surface area (Å²) in [7, 11) is 0. The Morgan fingerprint density at radius 3 is 2.41 bits per heavy atom. The predicted molar refractivity (Wildman–Crippen MR) is 136 cm³/mol. The third-order valence-electron chi connectivity index (χ3n) is 7.60. The normalized spacial score (nSPS) is 32.8. The van der Waals surface area contributed by atoms with Crippen molar-refractivity contribution in [2.75, 3.05) is 19.7 Å². The highest BCUT2D eigenvalue weighted by Gasteiger charge is 2.77. The summed E-state index contributed by atoms with van der Waals surface area (Å²) in [4.78, 5) is 42.9. The van der Waals surface area contributed by atoms with Crippen LogP contribution >= 0.6 is 11.8 Å². The SMILES string of the molecule is CCCNC(=O)[C@H]1[C@H]2C(=O)N(CCCCO)C(C(=O)NC(C)(C)CC(C)(C)C)C23CC[C@]1(C)S3. The van der Waals surface area contributed by atoms with E-state index in [9.17, 15) is 19.5 Å². The average molecular weight is 496 g/mol. The highest BCUT2D eigenvalue weighted by molar-refractivity contribution is 8.02. The Morgan fingerprint density at radius 1 is 1.15 bits per heavy atom. The Morgan fingerprint density at radius 2 is 1.82 bits per heavy atom. The zero-order valence-electron chi connectivity index (χ0n) is 22.1. The monoisotopic (exact) mass is 495 g/mol. The number of carbonyl (C=O) groups is 3. The van der Waals surface area contributed by atoms with Gasteiger partial charge in [-0.25, -0.2) is 0 Å². The molecule has 0 aromatic heterocycles. The first kappa shape index (κ1) is 27.3. The zero-order chi connectivity index (χ0) is 25.5. The molecule has 0 aliphatic carbocycles. The van der Waals surface area contributed by atoms with Gasteiger partial charge in [0.15, 0.2) is 0 Å². The second-order valence-electron chi connectivity index (χ2n) is 12.6. The Balaban J connectivity index is 1.96. The molecule has 1 spiro atoms. The summed E-state index contributed by atoms with van der Waals surface area (Å²) in [6.07, 6.45) is 4.45. The van der Waals surface area contributed by atoms with E-state index in [0.717, 1.165) is 25.7 Å². The van der Waals surface area contributed by atoms with Crippen molar-refractivity contribution in [1.29, 1.82) is 0 Å². The number of rotatable bonds is 10. The van der Waals surface area contributed by atoms with E-state index in [2.05, 4.69) is 38.3 Å². The molecule has 3 fully saturated rings. The van der Waals surface area contributed by atoms with Gasteiger partial charge in [0.2, 0.25) is 17.7 Å². The van der Waals surface area contributed by atoms with Gasteiger partial charge in [0.05, 0.1) is 16.6 Å². The molecule has 3 aliphatic heterocycles. The number of nitrogens with zero attached hydrogens (tertiary/aromatic N) is 1. The van der Waals surface area contributed by atoms with Gasteiger partial charge in [0.1, 0.15) is 6.04 Å². The molecular weight excluding hydrogens is 450 g/mol. The van der Waals surface area contributed by atoms with E-state index in [-0.39, 0.29) is 34.5 Å². The second-order valence-corrected chi connectivity index (χ2v) is 14.5. The van der Waals surface area contributed by atoms with E-state index >= 15 is 0 Å². The first-order valence-electron chi connectivity index (χ1n) is 12.9. The maximum Gasteiger partial charge on any atom is 0.244 e. The van der Waals surface area contributed by atoms with Crippen molar-refractivity contribution >= 4 is 29.5 Å². The number of aliphatic hydroxyl groups is 1. The van der Waals surface area contributed by atoms with E-state index in [1.807, 2.05) is 20.8 Å². The lowest BCUT2D eigenvalue weighted by Crippen LogP contribution is -2.58. The van der Waals surface area contributed by atoms with Crippen LogP contribution in [0.25, 0.3) is 0 Å². The number of hydrogen-bond acceptors (Lipinski definition) is 5. The van der Waals surface area contributed by atoms with Gasteiger partial charge in [0, 0.05) is 30.0 Å². The van der Waals surface area contributed by atoms with Crippen molar-refractivity contribution in [2.45, 2.75) is 108 Å². The van der Waals surface area contributed by atoms with Crippen LogP contribution in [0, 0.1) is 17.3 Å². The molecule has 3 N–H and O–H groups in total. The van der Waals surface area contributed by atoms with Crippen LogP contribution in [0.5, 0.6) is 0 Å². The minimum Gasteiger partial charge on any atom is -0.396 e. The van der Waals surface area contributed by atoms with Gasteiger partial charge in [-0.2, -0.15) is 0 Å². The molecule has 34 heavy (non-hydrogen) atoms. The molecule has 3 amide bonds. The summed E-state index contributed by atoms with van der Waals surface area (Å²) in [5.74, 6) is -1.14. The fourth-order valence-electron chi connectivity index (χ4n) is 6.89. The topological polar surface area (TPSA) is 98.7 Å². The Hall–Kier alpha value is -1.28. The summed E-state index contributed by atoms with van der Waals surface area (Å²) in [5.41, 5.74) is -0.382. The Bertz CT molecular complexity index is 810. The predicted octanol–water partition coefficient (Wildman–Crippen LogP) is 3.10. The van der Waals surface area contributed by atoms with Crippen LogP contribution in [0.1, 0.15) is 87.0 Å². The maximum absolute atomic E-state index is 13.9. The zero-order valence-corrected chi connectivity index (χ0v) is 22.9. The number of hydrogen-bond donors (Lipinski definition) is 3. The molecule has 3 aliphatic rings. The fraction of sp³-hybridized carbons (Fsp3) is 0.885. The van der Waals surface area contributed by atoms with Crippen LogP contribution in [0.15, 0.2) is 0 Å². The Labute approximate surface area is 209 Å². The van der Waals surface area contributed by atoms with Crippen molar-refractivity contribution in [3.05, 3.63) is 0 Å². The maximum atomic E-state index is 13.9.